The standard InChI is InChI=1S/C31H30FN3O5/c32-24-10-6-22(7-11-24)28(36)20-40-31(39)23-8-12-26(13-9-23)35-29(37)18-27(30(35)38)33-25-14-16-34(17-15-25)19-21-4-2-1-3-5-21/h1-13,25,27,33H,14-20H2. The predicted molar refractivity (Wildman–Crippen MR) is 146 cm³/mol. The molecule has 40 heavy (non-hydrogen) atoms. The van der Waals surface area contributed by atoms with Crippen LogP contribution in [-0.2, 0) is 20.9 Å². The highest BCUT2D eigenvalue weighted by Gasteiger charge is 2.40. The summed E-state index contributed by atoms with van der Waals surface area (Å²) >= 11 is 0. The molecule has 2 saturated heterocycles. The maximum absolute atomic E-state index is 13.1. The molecule has 8 nitrogen and oxygen atoms in total. The van der Waals surface area contributed by atoms with Crippen molar-refractivity contribution >= 4 is 29.3 Å². The first-order valence-electron chi connectivity index (χ1n) is 13.3. The highest BCUT2D eigenvalue weighted by atomic mass is 19.1. The molecule has 3 aromatic carbocycles. The lowest BCUT2D eigenvalue weighted by Gasteiger charge is -2.33. The molecule has 2 heterocycles. The van der Waals surface area contributed by atoms with E-state index in [2.05, 4.69) is 22.3 Å². The summed E-state index contributed by atoms with van der Waals surface area (Å²) in [7, 11) is 0. The van der Waals surface area contributed by atoms with E-state index in [9.17, 15) is 23.6 Å². The van der Waals surface area contributed by atoms with E-state index in [1.165, 1.54) is 42.0 Å². The Morgan fingerprint density at radius 3 is 2.20 bits per heavy atom. The van der Waals surface area contributed by atoms with E-state index >= 15 is 0 Å². The molecule has 3 aromatic rings. The minimum atomic E-state index is -0.723. The van der Waals surface area contributed by atoms with Crippen molar-refractivity contribution in [1.29, 1.82) is 0 Å². The Morgan fingerprint density at radius 1 is 0.875 bits per heavy atom. The van der Waals surface area contributed by atoms with Crippen molar-refractivity contribution in [1.82, 2.24) is 10.2 Å². The molecule has 0 aromatic heterocycles. The van der Waals surface area contributed by atoms with Crippen LogP contribution in [-0.4, -0.2) is 60.2 Å². The van der Waals surface area contributed by atoms with Crippen molar-refractivity contribution in [2.45, 2.75) is 37.9 Å². The number of amides is 2. The summed E-state index contributed by atoms with van der Waals surface area (Å²) in [5.41, 5.74) is 2.05. The van der Waals surface area contributed by atoms with Crippen LogP contribution < -0.4 is 10.2 Å². The number of carbonyl (C=O) groups excluding carboxylic acids is 4. The molecule has 2 fully saturated rings. The van der Waals surface area contributed by atoms with Crippen molar-refractivity contribution in [3.63, 3.8) is 0 Å². The Labute approximate surface area is 231 Å². The largest absolute Gasteiger partial charge is 0.454 e. The maximum Gasteiger partial charge on any atom is 0.338 e. The molecule has 1 atom stereocenters. The van der Waals surface area contributed by atoms with Crippen molar-refractivity contribution < 1.29 is 28.3 Å². The summed E-state index contributed by atoms with van der Waals surface area (Å²) in [5, 5.41) is 3.39. The fourth-order valence-corrected chi connectivity index (χ4v) is 5.10. The number of nitrogens with one attached hydrogen (secondary N) is 1. The summed E-state index contributed by atoms with van der Waals surface area (Å²) < 4.78 is 18.1. The zero-order valence-electron chi connectivity index (χ0n) is 21.9. The minimum absolute atomic E-state index is 0.0817. The third-order valence-corrected chi connectivity index (χ3v) is 7.28. The first-order valence-corrected chi connectivity index (χ1v) is 13.3. The SMILES string of the molecule is O=C(COC(=O)c1ccc(N2C(=O)CC(NC3CCN(Cc4ccccc4)CC3)C2=O)cc1)c1ccc(F)cc1. The molecule has 0 spiro atoms. The number of halogens is 1. The van der Waals surface area contributed by atoms with Gasteiger partial charge in [-0.3, -0.25) is 19.3 Å². The minimum Gasteiger partial charge on any atom is -0.454 e. The van der Waals surface area contributed by atoms with Gasteiger partial charge in [0.25, 0.3) is 5.91 Å². The van der Waals surface area contributed by atoms with Crippen molar-refractivity contribution in [3.05, 3.63) is 101 Å². The van der Waals surface area contributed by atoms with Crippen molar-refractivity contribution in [3.8, 4) is 0 Å². The monoisotopic (exact) mass is 543 g/mol. The highest BCUT2D eigenvalue weighted by molar-refractivity contribution is 6.22. The number of Topliss-reactive ketones (excluding diaryl/α,β-unsaturated/α-hetero) is 1. The molecule has 0 aliphatic carbocycles. The average molecular weight is 544 g/mol. The van der Waals surface area contributed by atoms with Gasteiger partial charge in [-0.15, -0.1) is 0 Å². The lowest BCUT2D eigenvalue weighted by atomic mass is 10.0. The Bertz CT molecular complexity index is 1370. The molecular weight excluding hydrogens is 513 g/mol. The quantitative estimate of drug-likeness (QED) is 0.250. The zero-order valence-corrected chi connectivity index (χ0v) is 21.9. The molecule has 206 valence electrons. The number of imide groups is 1. The van der Waals surface area contributed by atoms with E-state index in [-0.39, 0.29) is 35.4 Å². The fraction of sp³-hybridized carbons (Fsp3) is 0.290. The van der Waals surface area contributed by atoms with Crippen LogP contribution in [0.4, 0.5) is 10.1 Å². The molecule has 5 rings (SSSR count). The molecule has 9 heteroatoms. The average Bonchev–Trinajstić information content (AvgIpc) is 3.25. The van der Waals surface area contributed by atoms with Crippen LogP contribution in [0.1, 0.15) is 45.5 Å². The van der Waals surface area contributed by atoms with E-state index < -0.39 is 30.2 Å². The lowest BCUT2D eigenvalue weighted by molar-refractivity contribution is -0.121. The number of esters is 1. The summed E-state index contributed by atoms with van der Waals surface area (Å²) in [6.45, 7) is 2.24. The zero-order chi connectivity index (χ0) is 28.1. The summed E-state index contributed by atoms with van der Waals surface area (Å²) in [4.78, 5) is 54.0. The topological polar surface area (TPSA) is 96.0 Å². The Morgan fingerprint density at radius 2 is 1.52 bits per heavy atom. The van der Waals surface area contributed by atoms with Crippen LogP contribution in [0.3, 0.4) is 0 Å². The van der Waals surface area contributed by atoms with Gasteiger partial charge in [-0.1, -0.05) is 30.3 Å². The van der Waals surface area contributed by atoms with Gasteiger partial charge in [-0.2, -0.15) is 0 Å². The van der Waals surface area contributed by atoms with Gasteiger partial charge in [0.05, 0.1) is 23.7 Å². The van der Waals surface area contributed by atoms with E-state index in [1.807, 2.05) is 18.2 Å². The van der Waals surface area contributed by atoms with Gasteiger partial charge < -0.3 is 10.1 Å². The fourth-order valence-electron chi connectivity index (χ4n) is 5.10. The van der Waals surface area contributed by atoms with E-state index in [1.54, 1.807) is 0 Å². The summed E-state index contributed by atoms with van der Waals surface area (Å²) in [6.07, 6.45) is 1.87. The van der Waals surface area contributed by atoms with Gasteiger partial charge in [0.15, 0.2) is 12.4 Å². The van der Waals surface area contributed by atoms with Gasteiger partial charge in [0, 0.05) is 18.2 Å². The lowest BCUT2D eigenvalue weighted by Crippen LogP contribution is -2.48. The number of nitrogens with zero attached hydrogens (tertiary/aromatic N) is 2. The van der Waals surface area contributed by atoms with Gasteiger partial charge in [0.2, 0.25) is 5.91 Å². The molecule has 1 N–H and O–H groups in total. The molecule has 0 bridgehead atoms. The summed E-state index contributed by atoms with van der Waals surface area (Å²) in [6, 6.07) is 20.8. The Kier molecular flexibility index (Phi) is 8.42. The predicted octanol–water partition coefficient (Wildman–Crippen LogP) is 3.75. The van der Waals surface area contributed by atoms with E-state index in [0.29, 0.717) is 5.69 Å². The second-order valence-corrected chi connectivity index (χ2v) is 10.1. The highest BCUT2D eigenvalue weighted by Crippen LogP contribution is 2.25. The molecule has 0 radical (unpaired) electrons. The second-order valence-electron chi connectivity index (χ2n) is 10.1. The first kappa shape index (κ1) is 27.4. The van der Waals surface area contributed by atoms with E-state index in [4.69, 9.17) is 4.74 Å². The smallest absolute Gasteiger partial charge is 0.338 e. The molecule has 2 aliphatic heterocycles. The number of piperidine rings is 1. The van der Waals surface area contributed by atoms with Gasteiger partial charge in [0.1, 0.15) is 5.82 Å². The Balaban J connectivity index is 1.11. The maximum atomic E-state index is 13.1. The number of hydrogen-bond acceptors (Lipinski definition) is 7. The third kappa shape index (κ3) is 6.50. The molecule has 1 unspecified atom stereocenters. The van der Waals surface area contributed by atoms with Gasteiger partial charge >= 0.3 is 5.97 Å². The van der Waals surface area contributed by atoms with Crippen molar-refractivity contribution in [2.24, 2.45) is 0 Å². The number of rotatable bonds is 9. The van der Waals surface area contributed by atoms with Crippen LogP contribution in [0.25, 0.3) is 0 Å². The van der Waals surface area contributed by atoms with E-state index in [0.717, 1.165) is 49.5 Å². The van der Waals surface area contributed by atoms with Crippen LogP contribution in [0.15, 0.2) is 78.9 Å². The number of ether oxygens (including phenoxy) is 1. The second kappa shape index (κ2) is 12.3. The number of hydrogen-bond donors (Lipinski definition) is 1. The van der Waals surface area contributed by atoms with Crippen LogP contribution in [0.5, 0.6) is 0 Å². The molecule has 2 aliphatic rings. The van der Waals surface area contributed by atoms with Crippen LogP contribution in [0.2, 0.25) is 0 Å². The number of benzene rings is 3. The molecule has 0 saturated carbocycles. The summed E-state index contributed by atoms with van der Waals surface area (Å²) in [5.74, 6) is -2.26. The van der Waals surface area contributed by atoms with Crippen molar-refractivity contribution in [2.75, 3.05) is 24.6 Å². The molecular formula is C31H30FN3O5. The van der Waals surface area contributed by atoms with Crippen LogP contribution in [0, 0.1) is 5.82 Å². The van der Waals surface area contributed by atoms with Gasteiger partial charge in [-0.05, 0) is 80.0 Å². The van der Waals surface area contributed by atoms with Crippen LogP contribution >= 0.6 is 0 Å². The van der Waals surface area contributed by atoms with Gasteiger partial charge in [-0.25, -0.2) is 14.1 Å². The third-order valence-electron chi connectivity index (χ3n) is 7.28. The number of likely N-dealkylation sites (tertiary alicyclic amines) is 1. The normalized spacial score (nSPS) is 18.2. The number of anilines is 1. The molecule has 2 amide bonds. The first-order chi connectivity index (χ1) is 19.4. The number of ketones is 1. The number of carbonyl (C=O) groups is 4. The Hall–Kier alpha value is -4.21.